The predicted octanol–water partition coefficient (Wildman–Crippen LogP) is 0.141. The first-order valence-electron chi connectivity index (χ1n) is 8.57. The maximum Gasteiger partial charge on any atom is 0.323 e. The average molecular weight is 325 g/mol. The van der Waals surface area contributed by atoms with Crippen molar-refractivity contribution in [3.63, 3.8) is 0 Å². The van der Waals surface area contributed by atoms with Crippen LogP contribution in [-0.2, 0) is 19.1 Å². The van der Waals surface area contributed by atoms with Crippen molar-refractivity contribution in [1.82, 2.24) is 15.1 Å². The molecule has 1 heterocycles. The number of amides is 2. The molecule has 130 valence electrons. The fraction of sp³-hybridized carbons (Fsp3) is 0.812. The molecule has 7 nitrogen and oxygen atoms in total. The van der Waals surface area contributed by atoms with Gasteiger partial charge in [0.25, 0.3) is 0 Å². The number of hydrogen-bond donors (Lipinski definition) is 1. The molecule has 7 heteroatoms. The lowest BCUT2D eigenvalue weighted by atomic mass is 10.1. The Morgan fingerprint density at radius 3 is 2.30 bits per heavy atom. The summed E-state index contributed by atoms with van der Waals surface area (Å²) in [5.74, 6) is -1.16. The second-order valence-corrected chi connectivity index (χ2v) is 6.13. The number of hydrogen-bond acceptors (Lipinski definition) is 5. The van der Waals surface area contributed by atoms with Crippen molar-refractivity contribution in [3.8, 4) is 0 Å². The van der Waals surface area contributed by atoms with Crippen LogP contribution in [0.15, 0.2) is 0 Å². The van der Waals surface area contributed by atoms with E-state index in [4.69, 9.17) is 4.74 Å². The van der Waals surface area contributed by atoms with Crippen molar-refractivity contribution in [2.24, 2.45) is 0 Å². The molecule has 1 unspecified atom stereocenters. The molecule has 2 amide bonds. The van der Waals surface area contributed by atoms with Crippen LogP contribution < -0.4 is 5.32 Å². The zero-order valence-corrected chi connectivity index (χ0v) is 14.0. The van der Waals surface area contributed by atoms with Gasteiger partial charge in [-0.2, -0.15) is 0 Å². The van der Waals surface area contributed by atoms with Crippen LogP contribution in [0.4, 0.5) is 0 Å². The van der Waals surface area contributed by atoms with Crippen LogP contribution in [0.5, 0.6) is 0 Å². The summed E-state index contributed by atoms with van der Waals surface area (Å²) in [6, 6.07) is -0.0667. The number of carbonyl (C=O) groups is 3. The molecule has 0 aromatic heterocycles. The summed E-state index contributed by atoms with van der Waals surface area (Å²) in [5.41, 5.74) is 0. The van der Waals surface area contributed by atoms with Gasteiger partial charge in [-0.25, -0.2) is 0 Å². The minimum atomic E-state index is -0.503. The number of nitrogens with zero attached hydrogens (tertiary/aromatic N) is 2. The summed E-state index contributed by atoms with van der Waals surface area (Å²) in [4.78, 5) is 39.6. The molecule has 1 aliphatic heterocycles. The summed E-state index contributed by atoms with van der Waals surface area (Å²) in [5, 5.41) is 2.72. The highest BCUT2D eigenvalue weighted by molar-refractivity contribution is 6.35. The van der Waals surface area contributed by atoms with E-state index in [9.17, 15) is 14.4 Å². The van der Waals surface area contributed by atoms with E-state index in [1.165, 1.54) is 0 Å². The Labute approximate surface area is 137 Å². The van der Waals surface area contributed by atoms with E-state index in [1.54, 1.807) is 11.8 Å². The Bertz CT molecular complexity index is 443. The maximum absolute atomic E-state index is 12.1. The highest BCUT2D eigenvalue weighted by Crippen LogP contribution is 2.19. The van der Waals surface area contributed by atoms with E-state index in [2.05, 4.69) is 10.2 Å². The molecule has 23 heavy (non-hydrogen) atoms. The molecule has 1 atom stereocenters. The number of rotatable bonds is 6. The molecule has 2 fully saturated rings. The number of esters is 1. The minimum absolute atomic E-state index is 0.186. The molecule has 0 radical (unpaired) electrons. The molecular formula is C16H27N3O4. The average Bonchev–Trinajstić information content (AvgIpc) is 3.36. The number of carbonyl (C=O) groups excluding carboxylic acids is 3. The zero-order valence-electron chi connectivity index (χ0n) is 14.0. The summed E-state index contributed by atoms with van der Waals surface area (Å²) in [6.45, 7) is 6.33. The highest BCUT2D eigenvalue weighted by Gasteiger charge is 2.33. The van der Waals surface area contributed by atoms with Crippen LogP contribution in [0.2, 0.25) is 0 Å². The Morgan fingerprint density at radius 2 is 1.78 bits per heavy atom. The fourth-order valence-corrected chi connectivity index (χ4v) is 2.82. The van der Waals surface area contributed by atoms with Gasteiger partial charge in [-0.05, 0) is 26.2 Å². The zero-order chi connectivity index (χ0) is 16.8. The predicted molar refractivity (Wildman–Crippen MR) is 84.6 cm³/mol. The third kappa shape index (κ3) is 4.92. The van der Waals surface area contributed by atoms with Crippen LogP contribution in [0, 0.1) is 0 Å². The molecule has 0 spiro atoms. The fourth-order valence-electron chi connectivity index (χ4n) is 2.82. The molecule has 2 aliphatic rings. The largest absolute Gasteiger partial charge is 0.465 e. The van der Waals surface area contributed by atoms with Crippen LogP contribution in [0.1, 0.15) is 39.5 Å². The van der Waals surface area contributed by atoms with Gasteiger partial charge in [-0.15, -0.1) is 0 Å². The van der Waals surface area contributed by atoms with Crippen molar-refractivity contribution in [2.45, 2.75) is 51.6 Å². The number of ether oxygens (including phenoxy) is 1. The van der Waals surface area contributed by atoms with Gasteiger partial charge in [-0.1, -0.05) is 13.3 Å². The van der Waals surface area contributed by atoms with E-state index < -0.39 is 11.8 Å². The first kappa shape index (κ1) is 17.7. The van der Waals surface area contributed by atoms with Gasteiger partial charge < -0.3 is 15.0 Å². The first-order valence-corrected chi connectivity index (χ1v) is 8.57. The number of nitrogens with one attached hydrogen (secondary N) is 1. The van der Waals surface area contributed by atoms with Crippen LogP contribution in [0.25, 0.3) is 0 Å². The van der Waals surface area contributed by atoms with Gasteiger partial charge >= 0.3 is 17.8 Å². The molecule has 1 saturated carbocycles. The highest BCUT2D eigenvalue weighted by atomic mass is 16.5. The van der Waals surface area contributed by atoms with E-state index in [-0.39, 0.29) is 18.1 Å². The Balaban J connectivity index is 1.84. The summed E-state index contributed by atoms with van der Waals surface area (Å²) < 4.78 is 5.15. The van der Waals surface area contributed by atoms with Gasteiger partial charge in [-0.3, -0.25) is 19.3 Å². The van der Waals surface area contributed by atoms with E-state index in [0.29, 0.717) is 32.8 Å². The molecule has 1 saturated heterocycles. The summed E-state index contributed by atoms with van der Waals surface area (Å²) in [6.07, 6.45) is 3.57. The Kier molecular flexibility index (Phi) is 6.38. The molecule has 0 bridgehead atoms. The monoisotopic (exact) mass is 325 g/mol. The van der Waals surface area contributed by atoms with Gasteiger partial charge in [0, 0.05) is 32.2 Å². The van der Waals surface area contributed by atoms with E-state index in [1.807, 2.05) is 6.92 Å². The van der Waals surface area contributed by atoms with Crippen LogP contribution in [0.3, 0.4) is 0 Å². The van der Waals surface area contributed by atoms with Gasteiger partial charge in [0.2, 0.25) is 0 Å². The SMILES string of the molecule is CCCC(C(=O)OCC)N1CCN(C(=O)C(=O)NC2CC2)CC1. The van der Waals surface area contributed by atoms with Crippen molar-refractivity contribution >= 4 is 17.8 Å². The smallest absolute Gasteiger partial charge is 0.323 e. The van der Waals surface area contributed by atoms with E-state index in [0.717, 1.165) is 25.7 Å². The van der Waals surface area contributed by atoms with Crippen molar-refractivity contribution < 1.29 is 19.1 Å². The normalized spacial score (nSPS) is 20.0. The Hall–Kier alpha value is -1.63. The van der Waals surface area contributed by atoms with Crippen LogP contribution in [-0.4, -0.2) is 72.5 Å². The Morgan fingerprint density at radius 1 is 1.13 bits per heavy atom. The van der Waals surface area contributed by atoms with E-state index >= 15 is 0 Å². The third-order valence-corrected chi connectivity index (χ3v) is 4.27. The van der Waals surface area contributed by atoms with Gasteiger partial charge in [0.05, 0.1) is 6.61 Å². The van der Waals surface area contributed by atoms with Gasteiger partial charge in [0.1, 0.15) is 6.04 Å². The first-order chi connectivity index (χ1) is 11.1. The second-order valence-electron chi connectivity index (χ2n) is 6.13. The molecular weight excluding hydrogens is 298 g/mol. The standard InChI is InChI=1S/C16H27N3O4/c1-3-5-13(16(22)23-4-2)18-8-10-19(11-9-18)15(21)14(20)17-12-6-7-12/h12-13H,3-11H2,1-2H3,(H,17,20). The topological polar surface area (TPSA) is 79.0 Å². The van der Waals surface area contributed by atoms with Crippen molar-refractivity contribution in [2.75, 3.05) is 32.8 Å². The van der Waals surface area contributed by atoms with Gasteiger partial charge in [0.15, 0.2) is 0 Å². The quantitative estimate of drug-likeness (QED) is 0.555. The molecule has 1 aliphatic carbocycles. The third-order valence-electron chi connectivity index (χ3n) is 4.27. The summed E-state index contributed by atoms with van der Waals surface area (Å²) >= 11 is 0. The number of piperazine rings is 1. The second kappa shape index (κ2) is 8.29. The lowest BCUT2D eigenvalue weighted by Crippen LogP contribution is -2.56. The van der Waals surface area contributed by atoms with Crippen molar-refractivity contribution in [3.05, 3.63) is 0 Å². The lowest BCUT2D eigenvalue weighted by Gasteiger charge is -2.37. The molecule has 1 N–H and O–H groups in total. The summed E-state index contributed by atoms with van der Waals surface area (Å²) in [7, 11) is 0. The molecule has 2 rings (SSSR count). The molecule has 0 aromatic rings. The maximum atomic E-state index is 12.1. The lowest BCUT2D eigenvalue weighted by molar-refractivity contribution is -0.152. The minimum Gasteiger partial charge on any atom is -0.465 e. The molecule has 0 aromatic carbocycles. The van der Waals surface area contributed by atoms with Crippen molar-refractivity contribution in [1.29, 1.82) is 0 Å². The van der Waals surface area contributed by atoms with Crippen LogP contribution >= 0.6 is 0 Å².